The van der Waals surface area contributed by atoms with Crippen LogP contribution in [0, 0.1) is 0 Å². The first-order chi connectivity index (χ1) is 13.3. The largest absolute Gasteiger partial charge is 0.443 e. The summed E-state index contributed by atoms with van der Waals surface area (Å²) in [7, 11) is 0. The first-order valence-corrected chi connectivity index (χ1v) is 9.58. The second-order valence-corrected chi connectivity index (χ2v) is 9.10. The number of aromatic amines is 1. The van der Waals surface area contributed by atoms with Gasteiger partial charge in [0.2, 0.25) is 5.95 Å². The number of nitrogens with zero attached hydrogens (tertiary/aromatic N) is 2. The van der Waals surface area contributed by atoms with Crippen molar-refractivity contribution >= 4 is 23.8 Å². The Balaban J connectivity index is 2.03. The summed E-state index contributed by atoms with van der Waals surface area (Å²) in [4.78, 5) is 34.1. The van der Waals surface area contributed by atoms with Gasteiger partial charge in [-0.05, 0) is 72.1 Å². The lowest BCUT2D eigenvalue weighted by Crippen LogP contribution is -2.44. The monoisotopic (exact) mass is 400 g/mol. The van der Waals surface area contributed by atoms with E-state index in [1.54, 1.807) is 41.5 Å². The van der Waals surface area contributed by atoms with Crippen molar-refractivity contribution in [3.05, 3.63) is 29.5 Å². The maximum atomic E-state index is 12.8. The van der Waals surface area contributed by atoms with E-state index in [0.29, 0.717) is 17.8 Å². The van der Waals surface area contributed by atoms with Gasteiger partial charge in [-0.15, -0.1) is 4.90 Å². The predicted octanol–water partition coefficient (Wildman–Crippen LogP) is 4.43. The summed E-state index contributed by atoms with van der Waals surface area (Å²) in [6.07, 6.45) is -0.199. The number of aromatic nitrogens is 2. The molecule has 0 saturated heterocycles. The fourth-order valence-electron chi connectivity index (χ4n) is 3.06. The molecular weight excluding hydrogens is 372 g/mol. The SMILES string of the molecule is CC(C)(C)OC(=O)N(C(=O)OC(C)(C)C)c1nc2c([nH]1)CCc1ccc(N)cc1-2. The van der Waals surface area contributed by atoms with Crippen molar-refractivity contribution in [1.82, 2.24) is 9.97 Å². The summed E-state index contributed by atoms with van der Waals surface area (Å²) < 4.78 is 10.8. The van der Waals surface area contributed by atoms with Gasteiger partial charge in [-0.1, -0.05) is 6.07 Å². The molecule has 1 aromatic carbocycles. The van der Waals surface area contributed by atoms with Crippen LogP contribution in [0.2, 0.25) is 0 Å². The van der Waals surface area contributed by atoms with E-state index >= 15 is 0 Å². The van der Waals surface area contributed by atoms with Crippen LogP contribution in [0.1, 0.15) is 52.8 Å². The number of H-pyrrole nitrogens is 1. The number of imidazole rings is 1. The zero-order chi connectivity index (χ0) is 21.6. The van der Waals surface area contributed by atoms with Gasteiger partial charge in [0.15, 0.2) is 0 Å². The molecule has 0 unspecified atom stereocenters. The third-order valence-electron chi connectivity index (χ3n) is 4.16. The van der Waals surface area contributed by atoms with E-state index in [0.717, 1.165) is 28.1 Å². The maximum absolute atomic E-state index is 12.8. The summed E-state index contributed by atoms with van der Waals surface area (Å²) in [6.45, 7) is 10.4. The molecule has 0 radical (unpaired) electrons. The van der Waals surface area contributed by atoms with Gasteiger partial charge < -0.3 is 20.2 Å². The van der Waals surface area contributed by atoms with Crippen molar-refractivity contribution in [2.45, 2.75) is 65.6 Å². The minimum Gasteiger partial charge on any atom is -0.443 e. The third kappa shape index (κ3) is 4.70. The fourth-order valence-corrected chi connectivity index (χ4v) is 3.06. The van der Waals surface area contributed by atoms with Crippen LogP contribution in [0.25, 0.3) is 11.3 Å². The summed E-state index contributed by atoms with van der Waals surface area (Å²) in [5.74, 6) is 0.0637. The highest BCUT2D eigenvalue weighted by molar-refractivity contribution is 6.08. The topological polar surface area (TPSA) is 111 Å². The number of anilines is 2. The standard InChI is InChI=1S/C21H28N4O4/c1-20(2,3)28-18(26)25(19(27)29-21(4,5)6)17-23-15-10-8-12-7-9-13(22)11-14(12)16(15)24-17/h7,9,11H,8,10,22H2,1-6H3,(H,23,24). The molecule has 29 heavy (non-hydrogen) atoms. The molecule has 1 aliphatic carbocycles. The number of hydrogen-bond donors (Lipinski definition) is 2. The number of nitrogens with one attached hydrogen (secondary N) is 1. The summed E-state index contributed by atoms with van der Waals surface area (Å²) in [5.41, 5.74) is 8.50. The van der Waals surface area contributed by atoms with Gasteiger partial charge in [0.1, 0.15) is 11.2 Å². The van der Waals surface area contributed by atoms with E-state index in [9.17, 15) is 9.59 Å². The molecule has 0 aliphatic heterocycles. The lowest BCUT2D eigenvalue weighted by atomic mass is 9.92. The Kier molecular flexibility index (Phi) is 5.06. The normalized spacial score (nSPS) is 13.3. The van der Waals surface area contributed by atoms with Crippen LogP contribution in [0.5, 0.6) is 0 Å². The van der Waals surface area contributed by atoms with Gasteiger partial charge in [0.25, 0.3) is 0 Å². The van der Waals surface area contributed by atoms with E-state index in [4.69, 9.17) is 15.2 Å². The second-order valence-electron chi connectivity index (χ2n) is 9.10. The Morgan fingerprint density at radius 2 is 1.62 bits per heavy atom. The number of nitrogen functional groups attached to an aromatic ring is 1. The molecule has 2 aromatic rings. The first-order valence-electron chi connectivity index (χ1n) is 9.58. The molecule has 0 saturated carbocycles. The van der Waals surface area contributed by atoms with Crippen molar-refractivity contribution in [2.24, 2.45) is 0 Å². The summed E-state index contributed by atoms with van der Waals surface area (Å²) >= 11 is 0. The van der Waals surface area contributed by atoms with Crippen molar-refractivity contribution in [2.75, 3.05) is 10.6 Å². The number of rotatable bonds is 1. The summed E-state index contributed by atoms with van der Waals surface area (Å²) in [6, 6.07) is 5.68. The van der Waals surface area contributed by atoms with Crippen molar-refractivity contribution < 1.29 is 19.1 Å². The number of carbonyl (C=O) groups excluding carboxylic acids is 2. The Morgan fingerprint density at radius 1 is 1.03 bits per heavy atom. The van der Waals surface area contributed by atoms with Gasteiger partial charge in [-0.25, -0.2) is 14.6 Å². The van der Waals surface area contributed by atoms with E-state index < -0.39 is 23.4 Å². The number of amides is 2. The van der Waals surface area contributed by atoms with Gasteiger partial charge in [-0.2, -0.15) is 0 Å². The molecule has 156 valence electrons. The number of aryl methyl sites for hydroxylation is 2. The van der Waals surface area contributed by atoms with E-state index in [1.165, 1.54) is 0 Å². The van der Waals surface area contributed by atoms with Crippen molar-refractivity contribution in [3.63, 3.8) is 0 Å². The molecule has 0 bridgehead atoms. The Bertz CT molecular complexity index is 923. The molecule has 0 fully saturated rings. The number of benzene rings is 1. The zero-order valence-corrected chi connectivity index (χ0v) is 17.8. The fraction of sp³-hybridized carbons (Fsp3) is 0.476. The van der Waals surface area contributed by atoms with Crippen molar-refractivity contribution in [3.8, 4) is 11.3 Å². The third-order valence-corrected chi connectivity index (χ3v) is 4.16. The molecule has 1 heterocycles. The first kappa shape index (κ1) is 20.7. The predicted molar refractivity (Wildman–Crippen MR) is 111 cm³/mol. The minimum atomic E-state index is -0.856. The molecule has 2 amide bonds. The maximum Gasteiger partial charge on any atom is 0.427 e. The molecule has 1 aromatic heterocycles. The average molecular weight is 400 g/mol. The quantitative estimate of drug-likeness (QED) is 0.685. The van der Waals surface area contributed by atoms with Crippen LogP contribution >= 0.6 is 0 Å². The molecular formula is C21H28N4O4. The Hall–Kier alpha value is -3.03. The minimum absolute atomic E-state index is 0.0637. The van der Waals surface area contributed by atoms with E-state index in [1.807, 2.05) is 18.2 Å². The average Bonchev–Trinajstić information content (AvgIpc) is 2.95. The van der Waals surface area contributed by atoms with E-state index in [2.05, 4.69) is 9.97 Å². The molecule has 3 rings (SSSR count). The molecule has 8 heteroatoms. The number of nitrogens with two attached hydrogens (primary N) is 1. The van der Waals surface area contributed by atoms with Crippen LogP contribution in [-0.2, 0) is 22.3 Å². The number of hydrogen-bond acceptors (Lipinski definition) is 6. The smallest absolute Gasteiger partial charge is 0.427 e. The number of carbonyl (C=O) groups is 2. The highest BCUT2D eigenvalue weighted by Crippen LogP contribution is 2.35. The second kappa shape index (κ2) is 7.09. The van der Waals surface area contributed by atoms with Gasteiger partial charge in [0, 0.05) is 16.9 Å². The lowest BCUT2D eigenvalue weighted by Gasteiger charge is -2.27. The molecule has 0 atom stereocenters. The Morgan fingerprint density at radius 3 is 2.17 bits per heavy atom. The Labute approximate surface area is 170 Å². The molecule has 8 nitrogen and oxygen atoms in total. The molecule has 3 N–H and O–H groups in total. The number of ether oxygens (including phenoxy) is 2. The number of imide groups is 1. The zero-order valence-electron chi connectivity index (χ0n) is 17.8. The van der Waals surface area contributed by atoms with Crippen LogP contribution < -0.4 is 10.6 Å². The highest BCUT2D eigenvalue weighted by atomic mass is 16.6. The number of fused-ring (bicyclic) bond motifs is 3. The van der Waals surface area contributed by atoms with Gasteiger partial charge in [-0.3, -0.25) is 0 Å². The van der Waals surface area contributed by atoms with Crippen LogP contribution in [0.15, 0.2) is 18.2 Å². The molecule has 0 spiro atoms. The lowest BCUT2D eigenvalue weighted by molar-refractivity contribution is 0.0427. The van der Waals surface area contributed by atoms with Gasteiger partial charge >= 0.3 is 12.2 Å². The summed E-state index contributed by atoms with van der Waals surface area (Å²) in [5, 5.41) is 0. The van der Waals surface area contributed by atoms with Gasteiger partial charge in [0.05, 0.1) is 5.69 Å². The van der Waals surface area contributed by atoms with Crippen LogP contribution in [-0.4, -0.2) is 33.4 Å². The molecule has 1 aliphatic rings. The van der Waals surface area contributed by atoms with Crippen LogP contribution in [0.3, 0.4) is 0 Å². The van der Waals surface area contributed by atoms with Crippen molar-refractivity contribution in [1.29, 1.82) is 0 Å². The van der Waals surface area contributed by atoms with Crippen LogP contribution in [0.4, 0.5) is 21.2 Å². The highest BCUT2D eigenvalue weighted by Gasteiger charge is 2.36. The van der Waals surface area contributed by atoms with E-state index in [-0.39, 0.29) is 5.95 Å².